The smallest absolute Gasteiger partial charge is 0.405 e. The van der Waals surface area contributed by atoms with E-state index >= 15 is 0 Å². The fourth-order valence-electron chi connectivity index (χ4n) is 3.97. The van der Waals surface area contributed by atoms with Crippen LogP contribution in [0.4, 0.5) is 17.6 Å². The van der Waals surface area contributed by atoms with Gasteiger partial charge >= 0.3 is 6.18 Å². The van der Waals surface area contributed by atoms with Crippen LogP contribution in [0.25, 0.3) is 5.69 Å². The van der Waals surface area contributed by atoms with Crippen LogP contribution in [0.2, 0.25) is 0 Å². The fraction of sp³-hybridized carbons (Fsp3) is 0.583. The number of rotatable bonds is 13. The molecule has 0 aliphatic carbocycles. The number of carbonyl (C=O) groups is 2. The molecule has 1 N–H and O–H groups in total. The fourth-order valence-corrected chi connectivity index (χ4v) is 5.05. The molecule has 1 aromatic carbocycles. The number of alkyl halides is 4. The lowest BCUT2D eigenvalue weighted by atomic mass is 10.1. The Morgan fingerprint density at radius 3 is 2.42 bits per heavy atom. The van der Waals surface area contributed by atoms with Crippen LogP contribution in [0, 0.1) is 0 Å². The molecule has 222 valence electrons. The van der Waals surface area contributed by atoms with E-state index in [9.17, 15) is 35.6 Å². The Morgan fingerprint density at radius 2 is 1.77 bits per heavy atom. The Balaban J connectivity index is 1.75. The number of benzene rings is 1. The number of hydrogen-bond acceptors (Lipinski definition) is 7. The molecule has 16 heteroatoms. The van der Waals surface area contributed by atoms with E-state index in [2.05, 4.69) is 10.3 Å². The van der Waals surface area contributed by atoms with E-state index in [0.717, 1.165) is 0 Å². The maximum absolute atomic E-state index is 13.0. The molecule has 0 bridgehead atoms. The molecule has 1 fully saturated rings. The number of ether oxygens (including phenoxy) is 1. The second-order valence-corrected chi connectivity index (χ2v) is 11.3. The van der Waals surface area contributed by atoms with E-state index in [1.54, 1.807) is 12.2 Å². The van der Waals surface area contributed by atoms with E-state index in [1.807, 2.05) is 0 Å². The highest BCUT2D eigenvalue weighted by atomic mass is 32.2. The summed E-state index contributed by atoms with van der Waals surface area (Å²) in [5, 5.41) is 9.72. The highest BCUT2D eigenvalue weighted by Crippen LogP contribution is 2.25. The number of sulfonamides is 1. The molecule has 0 radical (unpaired) electrons. The molecule has 0 unspecified atom stereocenters. The van der Waals surface area contributed by atoms with E-state index in [4.69, 9.17) is 4.74 Å². The molecule has 40 heavy (non-hydrogen) atoms. The first kappa shape index (κ1) is 31.3. The van der Waals surface area contributed by atoms with Gasteiger partial charge in [-0.25, -0.2) is 13.1 Å². The first-order valence-corrected chi connectivity index (χ1v) is 14.4. The van der Waals surface area contributed by atoms with Gasteiger partial charge in [-0.05, 0) is 44.4 Å². The van der Waals surface area contributed by atoms with Crippen LogP contribution < -0.4 is 10.1 Å². The number of piperazine rings is 1. The summed E-state index contributed by atoms with van der Waals surface area (Å²) < 4.78 is 82.5. The maximum atomic E-state index is 13.0. The quantitative estimate of drug-likeness (QED) is 0.280. The van der Waals surface area contributed by atoms with E-state index in [-0.39, 0.29) is 55.5 Å². The van der Waals surface area contributed by atoms with Gasteiger partial charge in [0, 0.05) is 31.7 Å². The van der Waals surface area contributed by atoms with Gasteiger partial charge in [-0.2, -0.15) is 17.5 Å². The van der Waals surface area contributed by atoms with Gasteiger partial charge in [0.15, 0.2) is 5.69 Å². The molecule has 0 saturated carbocycles. The molecule has 11 nitrogen and oxygen atoms in total. The molecule has 0 spiro atoms. The van der Waals surface area contributed by atoms with Gasteiger partial charge in [-0.3, -0.25) is 14.0 Å². The summed E-state index contributed by atoms with van der Waals surface area (Å²) in [5.41, 5.74) is 0.217. The average molecular weight is 593 g/mol. The number of hydrogen-bond donors (Lipinski definition) is 1. The standard InChI is InChI=1S/C24H32F4N6O5S/c1-2-40(37,38)33-12-10-32(11-13-33)23(36)19-16-34(31-30-19)20-8-7-18(22(35)29-17-24(26,27)28)15-21(20)39-14-6-4-3-5-9-25/h7-8,15-16H,2-6,9-14,17H2,1H3,(H,29,35). The van der Waals surface area contributed by atoms with Crippen LogP contribution >= 0.6 is 0 Å². The van der Waals surface area contributed by atoms with E-state index in [0.29, 0.717) is 31.4 Å². The van der Waals surface area contributed by atoms with Gasteiger partial charge in [0.1, 0.15) is 18.0 Å². The van der Waals surface area contributed by atoms with Gasteiger partial charge in [0.2, 0.25) is 10.0 Å². The van der Waals surface area contributed by atoms with E-state index in [1.165, 1.54) is 38.3 Å². The summed E-state index contributed by atoms with van der Waals surface area (Å²) in [6.07, 6.45) is -0.858. The minimum atomic E-state index is -4.57. The third kappa shape index (κ3) is 8.61. The summed E-state index contributed by atoms with van der Waals surface area (Å²) in [4.78, 5) is 26.7. The molecule has 2 amide bonds. The Morgan fingerprint density at radius 1 is 1.07 bits per heavy atom. The number of carbonyl (C=O) groups excluding carboxylic acids is 2. The Kier molecular flexibility index (Phi) is 10.8. The first-order chi connectivity index (χ1) is 18.9. The molecular weight excluding hydrogens is 560 g/mol. The van der Waals surface area contributed by atoms with Crippen molar-refractivity contribution in [2.45, 2.75) is 38.8 Å². The number of nitrogens with one attached hydrogen (secondary N) is 1. The van der Waals surface area contributed by atoms with Crippen LogP contribution in [0.3, 0.4) is 0 Å². The summed E-state index contributed by atoms with van der Waals surface area (Å²) in [7, 11) is -3.36. The Labute approximate surface area is 229 Å². The van der Waals surface area contributed by atoms with Crippen LogP contribution in [0.15, 0.2) is 24.4 Å². The van der Waals surface area contributed by atoms with Crippen molar-refractivity contribution in [1.29, 1.82) is 0 Å². The number of nitrogens with zero attached hydrogens (tertiary/aromatic N) is 5. The zero-order chi connectivity index (χ0) is 29.3. The predicted octanol–water partition coefficient (Wildman–Crippen LogP) is 2.58. The van der Waals surface area contributed by atoms with Crippen molar-refractivity contribution in [1.82, 2.24) is 29.5 Å². The topological polar surface area (TPSA) is 127 Å². The molecule has 1 aliphatic heterocycles. The maximum Gasteiger partial charge on any atom is 0.405 e. The van der Waals surface area contributed by atoms with Gasteiger partial charge in [-0.15, -0.1) is 5.10 Å². The van der Waals surface area contributed by atoms with Crippen molar-refractivity contribution in [3.8, 4) is 11.4 Å². The molecule has 3 rings (SSSR count). The molecule has 0 atom stereocenters. The zero-order valence-electron chi connectivity index (χ0n) is 22.0. The molecule has 2 aromatic rings. The second-order valence-electron chi connectivity index (χ2n) is 9.07. The Bertz CT molecular complexity index is 1260. The van der Waals surface area contributed by atoms with Crippen LogP contribution in [-0.4, -0.2) is 102 Å². The summed E-state index contributed by atoms with van der Waals surface area (Å²) in [6.45, 7) is 0.531. The number of aromatic nitrogens is 3. The Hall–Kier alpha value is -3.27. The minimum absolute atomic E-state index is 0.00373. The lowest BCUT2D eigenvalue weighted by Gasteiger charge is -2.33. The molecular formula is C24H32F4N6O5S. The molecule has 2 heterocycles. The summed E-state index contributed by atoms with van der Waals surface area (Å²) in [5.74, 6) is -1.29. The molecule has 1 saturated heterocycles. The van der Waals surface area contributed by atoms with Crippen molar-refractivity contribution in [3.63, 3.8) is 0 Å². The van der Waals surface area contributed by atoms with E-state index < -0.39 is 41.2 Å². The second kappa shape index (κ2) is 13.9. The van der Waals surface area contributed by atoms with Crippen molar-refractivity contribution >= 4 is 21.8 Å². The van der Waals surface area contributed by atoms with Crippen LogP contribution in [0.5, 0.6) is 5.75 Å². The monoisotopic (exact) mass is 592 g/mol. The normalized spacial score (nSPS) is 14.8. The van der Waals surface area contributed by atoms with Crippen molar-refractivity contribution in [3.05, 3.63) is 35.7 Å². The van der Waals surface area contributed by atoms with Crippen molar-refractivity contribution < 1.29 is 40.3 Å². The van der Waals surface area contributed by atoms with Gasteiger partial charge in [-0.1, -0.05) is 11.6 Å². The SMILES string of the molecule is CCS(=O)(=O)N1CCN(C(=O)c2cn(-c3ccc(C(=O)NCC(F)(F)F)cc3OCCCCCCF)nn2)CC1. The van der Waals surface area contributed by atoms with Gasteiger partial charge in [0.25, 0.3) is 11.8 Å². The first-order valence-electron chi connectivity index (χ1n) is 12.8. The zero-order valence-corrected chi connectivity index (χ0v) is 22.8. The van der Waals surface area contributed by atoms with Gasteiger partial charge in [0.05, 0.1) is 25.2 Å². The largest absolute Gasteiger partial charge is 0.491 e. The van der Waals surface area contributed by atoms with Crippen molar-refractivity contribution in [2.24, 2.45) is 0 Å². The minimum Gasteiger partial charge on any atom is -0.491 e. The predicted molar refractivity (Wildman–Crippen MR) is 137 cm³/mol. The van der Waals surface area contributed by atoms with Crippen LogP contribution in [0.1, 0.15) is 53.5 Å². The van der Waals surface area contributed by atoms with Crippen molar-refractivity contribution in [2.75, 3.05) is 51.8 Å². The summed E-state index contributed by atoms with van der Waals surface area (Å²) in [6, 6.07) is 3.99. The van der Waals surface area contributed by atoms with Crippen LogP contribution in [-0.2, 0) is 10.0 Å². The molecule has 1 aromatic heterocycles. The third-order valence-corrected chi connectivity index (χ3v) is 8.08. The number of unbranched alkanes of at least 4 members (excludes halogenated alkanes) is 3. The third-order valence-electron chi connectivity index (χ3n) is 6.20. The highest BCUT2D eigenvalue weighted by Gasteiger charge is 2.30. The highest BCUT2D eigenvalue weighted by molar-refractivity contribution is 7.89. The van der Waals surface area contributed by atoms with Gasteiger partial charge < -0.3 is 15.0 Å². The summed E-state index contributed by atoms with van der Waals surface area (Å²) >= 11 is 0. The average Bonchev–Trinajstić information content (AvgIpc) is 3.43. The molecule has 1 aliphatic rings. The lowest BCUT2D eigenvalue weighted by Crippen LogP contribution is -2.50. The number of amides is 2. The number of halogens is 4. The lowest BCUT2D eigenvalue weighted by molar-refractivity contribution is -0.123.